The van der Waals surface area contributed by atoms with Crippen LogP contribution in [-0.4, -0.2) is 50.0 Å². The number of pyridine rings is 1. The van der Waals surface area contributed by atoms with Crippen molar-refractivity contribution >= 4 is 23.1 Å². The molecule has 1 aromatic heterocycles. The number of aliphatic hydroxyl groups excluding tert-OH is 1. The van der Waals surface area contributed by atoms with Gasteiger partial charge in [-0.3, -0.25) is 9.48 Å². The van der Waals surface area contributed by atoms with Crippen LogP contribution in [0.25, 0.3) is 22.5 Å². The Morgan fingerprint density at radius 2 is 1.88 bits per heavy atom. The number of carbonyl (C=O) groups is 1. The maximum Gasteiger partial charge on any atom is 0.254 e. The maximum atomic E-state index is 12.8. The van der Waals surface area contributed by atoms with Gasteiger partial charge in [-0.1, -0.05) is 6.07 Å². The van der Waals surface area contributed by atoms with E-state index in [2.05, 4.69) is 30.6 Å². The standard InChI is InChI=1S/C25H25N7O2/c1-31-24-18(6-9-29-31)19(13-27-24)17-3-4-21(23-20(17)14-28-25(23)34)30-22-5-2-15(12-26-22)32-10-7-16(33)8-11-32/h2-6,9,12-13,16,33H,7-8,10-11,14H2,1H3,(H,26,30)(H,28,34). The number of nitrogens with zero attached hydrogens (tertiary/aromatic N) is 5. The van der Waals surface area contributed by atoms with Crippen molar-refractivity contribution in [3.05, 3.63) is 60.0 Å². The summed E-state index contributed by atoms with van der Waals surface area (Å²) in [5.74, 6) is 1.38. The van der Waals surface area contributed by atoms with Crippen LogP contribution in [0.15, 0.2) is 48.9 Å². The first kappa shape index (κ1) is 20.6. The molecule has 6 rings (SSSR count). The molecule has 0 aliphatic carbocycles. The van der Waals surface area contributed by atoms with Gasteiger partial charge >= 0.3 is 0 Å². The van der Waals surface area contributed by atoms with Gasteiger partial charge in [0.05, 0.1) is 29.2 Å². The quantitative estimate of drug-likeness (QED) is 0.434. The maximum absolute atomic E-state index is 12.8. The fraction of sp³-hybridized carbons (Fsp3) is 0.280. The molecular weight excluding hydrogens is 430 g/mol. The molecule has 4 aliphatic rings. The Hall–Kier alpha value is -3.98. The second-order valence-corrected chi connectivity index (χ2v) is 8.81. The number of piperidine rings is 1. The SMILES string of the molecule is Cn1nccc2c(-c3ccc(Nc4ccc(N5CCC(O)CC5)cn4)c4c3CNC4=O)cnc1-2. The fourth-order valence-corrected chi connectivity index (χ4v) is 4.90. The number of aryl methyl sites for hydroxylation is 1. The summed E-state index contributed by atoms with van der Waals surface area (Å²) in [4.78, 5) is 24.1. The minimum atomic E-state index is -0.206. The Morgan fingerprint density at radius 1 is 1.03 bits per heavy atom. The third-order valence-electron chi connectivity index (χ3n) is 6.73. The second-order valence-electron chi connectivity index (χ2n) is 8.81. The number of amides is 1. The van der Waals surface area contributed by atoms with Crippen LogP contribution < -0.4 is 15.5 Å². The molecule has 0 saturated carbocycles. The third-order valence-corrected chi connectivity index (χ3v) is 6.73. The Balaban J connectivity index is 1.30. The molecule has 1 aromatic carbocycles. The summed E-state index contributed by atoms with van der Waals surface area (Å²) < 4.78 is 1.75. The largest absolute Gasteiger partial charge is 0.393 e. The van der Waals surface area contributed by atoms with Crippen molar-refractivity contribution in [3.8, 4) is 22.5 Å². The molecule has 1 fully saturated rings. The van der Waals surface area contributed by atoms with Crippen LogP contribution in [0.3, 0.4) is 0 Å². The number of benzene rings is 1. The van der Waals surface area contributed by atoms with Crippen LogP contribution >= 0.6 is 0 Å². The lowest BCUT2D eigenvalue weighted by Gasteiger charge is -2.31. The highest BCUT2D eigenvalue weighted by Gasteiger charge is 2.28. The molecule has 9 nitrogen and oxygen atoms in total. The molecule has 0 unspecified atom stereocenters. The molecular formula is C25H25N7O2. The normalized spacial score (nSPS) is 16.1. The Bertz CT molecular complexity index is 1340. The van der Waals surface area contributed by atoms with Gasteiger partial charge in [-0.15, -0.1) is 0 Å². The van der Waals surface area contributed by atoms with Gasteiger partial charge in [0.1, 0.15) is 5.82 Å². The van der Waals surface area contributed by atoms with E-state index < -0.39 is 0 Å². The minimum absolute atomic E-state index is 0.0983. The molecule has 34 heavy (non-hydrogen) atoms. The lowest BCUT2D eigenvalue weighted by Crippen LogP contribution is -2.35. The van der Waals surface area contributed by atoms with E-state index >= 15 is 0 Å². The number of hydrogen-bond donors (Lipinski definition) is 3. The van der Waals surface area contributed by atoms with E-state index in [1.54, 1.807) is 10.9 Å². The highest BCUT2D eigenvalue weighted by Crippen LogP contribution is 2.39. The number of rotatable bonds is 4. The first-order valence-corrected chi connectivity index (χ1v) is 11.5. The van der Waals surface area contributed by atoms with Crippen LogP contribution in [0.1, 0.15) is 28.8 Å². The van der Waals surface area contributed by atoms with Crippen LogP contribution in [0.4, 0.5) is 17.2 Å². The first-order valence-electron chi connectivity index (χ1n) is 11.5. The predicted octanol–water partition coefficient (Wildman–Crippen LogP) is 2.93. The monoisotopic (exact) mass is 455 g/mol. The minimum Gasteiger partial charge on any atom is -0.393 e. The van der Waals surface area contributed by atoms with Gasteiger partial charge < -0.3 is 20.6 Å². The summed E-state index contributed by atoms with van der Waals surface area (Å²) in [7, 11) is 1.87. The number of aliphatic hydroxyl groups is 1. The first-order chi connectivity index (χ1) is 16.6. The van der Waals surface area contributed by atoms with Crippen LogP contribution in [-0.2, 0) is 13.6 Å². The molecule has 0 radical (unpaired) electrons. The van der Waals surface area contributed by atoms with Gasteiger partial charge in [0, 0.05) is 50.2 Å². The Kier molecular flexibility index (Phi) is 4.91. The molecule has 0 bridgehead atoms. The van der Waals surface area contributed by atoms with Crippen molar-refractivity contribution in [1.82, 2.24) is 25.1 Å². The fourth-order valence-electron chi connectivity index (χ4n) is 4.90. The highest BCUT2D eigenvalue weighted by molar-refractivity contribution is 6.06. The summed E-state index contributed by atoms with van der Waals surface area (Å²) in [6, 6.07) is 9.87. The van der Waals surface area contributed by atoms with Gasteiger partial charge in [-0.25, -0.2) is 9.97 Å². The van der Waals surface area contributed by atoms with E-state index in [1.165, 1.54) is 0 Å². The van der Waals surface area contributed by atoms with Crippen molar-refractivity contribution in [2.75, 3.05) is 23.3 Å². The van der Waals surface area contributed by atoms with Crippen molar-refractivity contribution in [2.45, 2.75) is 25.5 Å². The second kappa shape index (κ2) is 8.11. The smallest absolute Gasteiger partial charge is 0.254 e. The lowest BCUT2D eigenvalue weighted by atomic mass is 9.94. The van der Waals surface area contributed by atoms with Gasteiger partial charge in [-0.05, 0) is 48.2 Å². The summed E-state index contributed by atoms with van der Waals surface area (Å²) in [6.45, 7) is 2.12. The average Bonchev–Trinajstić information content (AvgIpc) is 3.46. The van der Waals surface area contributed by atoms with Crippen molar-refractivity contribution in [1.29, 1.82) is 0 Å². The number of fused-ring (bicyclic) bond motifs is 2. The molecule has 4 aliphatic heterocycles. The predicted molar refractivity (Wildman–Crippen MR) is 129 cm³/mol. The van der Waals surface area contributed by atoms with Gasteiger partial charge in [-0.2, -0.15) is 5.10 Å². The number of nitrogens with one attached hydrogen (secondary N) is 2. The van der Waals surface area contributed by atoms with E-state index in [0.29, 0.717) is 17.9 Å². The number of anilines is 3. The number of hydrogen-bond acceptors (Lipinski definition) is 7. The summed E-state index contributed by atoms with van der Waals surface area (Å²) in [5.41, 5.74) is 6.33. The van der Waals surface area contributed by atoms with Gasteiger partial charge in [0.2, 0.25) is 0 Å². The molecule has 3 N–H and O–H groups in total. The third kappa shape index (κ3) is 3.45. The zero-order chi connectivity index (χ0) is 23.2. The van der Waals surface area contributed by atoms with Crippen LogP contribution in [0.2, 0.25) is 0 Å². The lowest BCUT2D eigenvalue weighted by molar-refractivity contribution is 0.0966. The van der Waals surface area contributed by atoms with Crippen LogP contribution in [0, 0.1) is 0 Å². The van der Waals surface area contributed by atoms with E-state index in [-0.39, 0.29) is 12.0 Å². The number of aromatic nitrogens is 4. The van der Waals surface area contributed by atoms with Crippen molar-refractivity contribution in [2.24, 2.45) is 7.05 Å². The van der Waals surface area contributed by atoms with E-state index in [9.17, 15) is 9.90 Å². The summed E-state index contributed by atoms with van der Waals surface area (Å²) in [6.07, 6.45) is 6.78. The average molecular weight is 456 g/mol. The topological polar surface area (TPSA) is 108 Å². The van der Waals surface area contributed by atoms with E-state index in [4.69, 9.17) is 0 Å². The Morgan fingerprint density at radius 3 is 2.68 bits per heavy atom. The van der Waals surface area contributed by atoms with Gasteiger partial charge in [0.25, 0.3) is 5.91 Å². The zero-order valence-corrected chi connectivity index (χ0v) is 18.8. The van der Waals surface area contributed by atoms with Gasteiger partial charge in [0.15, 0.2) is 5.82 Å². The van der Waals surface area contributed by atoms with Crippen molar-refractivity contribution < 1.29 is 9.90 Å². The summed E-state index contributed by atoms with van der Waals surface area (Å²) in [5, 5.41) is 20.3. The molecule has 0 atom stereocenters. The van der Waals surface area contributed by atoms with Crippen LogP contribution in [0.5, 0.6) is 0 Å². The van der Waals surface area contributed by atoms with E-state index in [1.807, 2.05) is 49.8 Å². The van der Waals surface area contributed by atoms with Crippen molar-refractivity contribution in [3.63, 3.8) is 0 Å². The molecule has 2 aromatic rings. The molecule has 172 valence electrons. The Labute approximate surface area is 196 Å². The molecule has 0 spiro atoms. The molecule has 1 saturated heterocycles. The zero-order valence-electron chi connectivity index (χ0n) is 18.8. The molecule has 5 heterocycles. The summed E-state index contributed by atoms with van der Waals surface area (Å²) >= 11 is 0. The molecule has 9 heteroatoms. The molecule has 1 amide bonds. The number of carbonyl (C=O) groups excluding carboxylic acids is 1. The highest BCUT2D eigenvalue weighted by atomic mass is 16.3. The van der Waals surface area contributed by atoms with E-state index in [0.717, 1.165) is 65.4 Å².